The van der Waals surface area contributed by atoms with Crippen LogP contribution in [0.2, 0.25) is 0 Å². The summed E-state index contributed by atoms with van der Waals surface area (Å²) < 4.78 is 32.3. The number of ether oxygens (including phenoxy) is 6. The number of benzene rings is 4. The maximum absolute atomic E-state index is 13.0. The highest BCUT2D eigenvalue weighted by Gasteiger charge is 2.26. The van der Waals surface area contributed by atoms with E-state index in [0.29, 0.717) is 29.7 Å². The Bertz CT molecular complexity index is 1900. The number of methoxy groups -OCH3 is 4. The third-order valence-electron chi connectivity index (χ3n) is 8.26. The molecule has 0 unspecified atom stereocenters. The average molecular weight is 715 g/mol. The Hall–Kier alpha value is -6.30. The van der Waals surface area contributed by atoms with Crippen molar-refractivity contribution in [1.29, 1.82) is 0 Å². The molecule has 0 amide bonds. The van der Waals surface area contributed by atoms with Crippen LogP contribution in [0.3, 0.4) is 0 Å². The molecule has 0 saturated heterocycles. The van der Waals surface area contributed by atoms with Gasteiger partial charge in [-0.15, -0.1) is 0 Å². The van der Waals surface area contributed by atoms with Crippen molar-refractivity contribution in [3.63, 3.8) is 0 Å². The smallest absolute Gasteiger partial charge is 0.330 e. The molecule has 4 aromatic rings. The highest BCUT2D eigenvalue weighted by molar-refractivity contribution is 5.87. The van der Waals surface area contributed by atoms with Crippen LogP contribution in [0.1, 0.15) is 22.3 Å². The molecule has 0 aliphatic heterocycles. The third-order valence-corrected chi connectivity index (χ3v) is 8.26. The quantitative estimate of drug-likeness (QED) is 0.0736. The Morgan fingerprint density at radius 1 is 0.519 bits per heavy atom. The second-order valence-corrected chi connectivity index (χ2v) is 11.7. The molecule has 52 heavy (non-hydrogen) atoms. The van der Waals surface area contributed by atoms with Crippen molar-refractivity contribution in [3.05, 3.63) is 107 Å². The minimum atomic E-state index is -0.641. The molecule has 0 bridgehead atoms. The van der Waals surface area contributed by atoms with Crippen LogP contribution in [0.15, 0.2) is 84.9 Å². The van der Waals surface area contributed by atoms with Gasteiger partial charge in [0.2, 0.25) is 0 Å². The van der Waals surface area contributed by atoms with E-state index in [4.69, 9.17) is 28.4 Å². The van der Waals surface area contributed by atoms with E-state index in [0.717, 1.165) is 11.1 Å². The average Bonchev–Trinajstić information content (AvgIpc) is 3.15. The van der Waals surface area contributed by atoms with Crippen LogP contribution in [-0.2, 0) is 31.9 Å². The first-order chi connectivity index (χ1) is 25.0. The van der Waals surface area contributed by atoms with E-state index < -0.39 is 23.8 Å². The fourth-order valence-electron chi connectivity index (χ4n) is 5.44. The number of hydrogen-bond acceptors (Lipinski definition) is 12. The van der Waals surface area contributed by atoms with Crippen molar-refractivity contribution in [1.82, 2.24) is 0 Å². The molecule has 0 radical (unpaired) electrons. The van der Waals surface area contributed by atoms with Crippen LogP contribution in [0.5, 0.6) is 46.0 Å². The number of carbonyl (C=O) groups excluding carboxylic acids is 2. The van der Waals surface area contributed by atoms with E-state index in [-0.39, 0.29) is 53.5 Å². The first kappa shape index (κ1) is 38.5. The van der Waals surface area contributed by atoms with Gasteiger partial charge in [0.05, 0.1) is 41.7 Å². The van der Waals surface area contributed by atoms with Crippen LogP contribution >= 0.6 is 0 Å². The maximum Gasteiger partial charge on any atom is 0.330 e. The van der Waals surface area contributed by atoms with Crippen LogP contribution in [0, 0.1) is 11.8 Å². The van der Waals surface area contributed by atoms with E-state index in [1.807, 2.05) is 0 Å². The highest BCUT2D eigenvalue weighted by Crippen LogP contribution is 2.33. The molecule has 0 saturated carbocycles. The molecule has 0 fully saturated rings. The molecule has 4 aromatic carbocycles. The molecule has 2 atom stereocenters. The number of phenolic OH excluding ortho intramolecular Hbond substituents is 4. The molecule has 12 nitrogen and oxygen atoms in total. The SMILES string of the molecule is COc1ccc(/C=C/C(=O)OC[C@@H](Cc2ccc(O)c(OC)c2)[C@H](COC(=O)/C=C/c2ccc(O)c(OC)c2)Cc2ccc(O)c(OC)c2)cc1O. The molecule has 4 N–H and O–H groups in total. The first-order valence-corrected chi connectivity index (χ1v) is 16.2. The van der Waals surface area contributed by atoms with Crippen LogP contribution in [0.4, 0.5) is 0 Å². The summed E-state index contributed by atoms with van der Waals surface area (Å²) in [4.78, 5) is 26.0. The molecule has 0 aliphatic rings. The Kier molecular flexibility index (Phi) is 13.8. The van der Waals surface area contributed by atoms with Crippen molar-refractivity contribution < 1.29 is 58.4 Å². The summed E-state index contributed by atoms with van der Waals surface area (Å²) in [5.74, 6) is -1.26. The van der Waals surface area contributed by atoms with Gasteiger partial charge in [-0.2, -0.15) is 0 Å². The largest absolute Gasteiger partial charge is 0.504 e. The van der Waals surface area contributed by atoms with Gasteiger partial charge in [0.1, 0.15) is 0 Å². The number of phenols is 4. The van der Waals surface area contributed by atoms with Crippen molar-refractivity contribution in [2.45, 2.75) is 12.8 Å². The normalized spacial score (nSPS) is 12.3. The van der Waals surface area contributed by atoms with Crippen LogP contribution < -0.4 is 18.9 Å². The van der Waals surface area contributed by atoms with Crippen LogP contribution in [-0.4, -0.2) is 74.0 Å². The Morgan fingerprint density at radius 2 is 0.923 bits per heavy atom. The number of carbonyl (C=O) groups is 2. The topological polar surface area (TPSA) is 170 Å². The summed E-state index contributed by atoms with van der Waals surface area (Å²) in [6.45, 7) is -0.162. The minimum Gasteiger partial charge on any atom is -0.504 e. The lowest BCUT2D eigenvalue weighted by Crippen LogP contribution is -2.30. The molecule has 4 rings (SSSR count). The van der Waals surface area contributed by atoms with Gasteiger partial charge in [0.15, 0.2) is 46.0 Å². The molecule has 0 aromatic heterocycles. The lowest BCUT2D eigenvalue weighted by Gasteiger charge is -2.27. The second-order valence-electron chi connectivity index (χ2n) is 11.7. The summed E-state index contributed by atoms with van der Waals surface area (Å²) >= 11 is 0. The van der Waals surface area contributed by atoms with Crippen molar-refractivity contribution in [3.8, 4) is 46.0 Å². The summed E-state index contributed by atoms with van der Waals surface area (Å²) in [7, 11) is 5.74. The fraction of sp³-hybridized carbons (Fsp3) is 0.250. The molecule has 274 valence electrons. The second kappa shape index (κ2) is 18.6. The van der Waals surface area contributed by atoms with E-state index in [1.54, 1.807) is 48.5 Å². The Labute approximate surface area is 301 Å². The van der Waals surface area contributed by atoms with E-state index in [2.05, 4.69) is 0 Å². The molecule has 12 heteroatoms. The summed E-state index contributed by atoms with van der Waals surface area (Å²) in [5, 5.41) is 40.4. The van der Waals surface area contributed by atoms with E-state index in [9.17, 15) is 30.0 Å². The highest BCUT2D eigenvalue weighted by atomic mass is 16.5. The summed E-state index contributed by atoms with van der Waals surface area (Å²) in [6.07, 6.45) is 6.20. The van der Waals surface area contributed by atoms with Gasteiger partial charge >= 0.3 is 11.9 Å². The van der Waals surface area contributed by atoms with Crippen molar-refractivity contribution >= 4 is 24.1 Å². The standard InChI is InChI=1S/C40H42O12/c1-47-35-14-8-25(19-34(35)44)9-15-39(45)51-23-29(17-27-6-12-32(42)37(21-27)49-3)30(18-28-7-13-33(43)38(22-28)50-4)24-52-40(46)16-10-26-5-11-31(41)36(20-26)48-2/h5-16,19-22,29-30,41-44H,17-18,23-24H2,1-4H3/b15-9+,16-10+/t29-,30+/m1/s1. The Balaban J connectivity index is 1.60. The van der Waals surface area contributed by atoms with E-state index >= 15 is 0 Å². The molecule has 0 spiro atoms. The number of hydrogen-bond donors (Lipinski definition) is 4. The van der Waals surface area contributed by atoms with Gasteiger partial charge in [-0.1, -0.05) is 24.3 Å². The molecular weight excluding hydrogens is 672 g/mol. The zero-order chi connectivity index (χ0) is 37.6. The fourth-order valence-corrected chi connectivity index (χ4v) is 5.44. The molecular formula is C40H42O12. The van der Waals surface area contributed by atoms with Crippen molar-refractivity contribution in [2.24, 2.45) is 11.8 Å². The van der Waals surface area contributed by atoms with Crippen LogP contribution in [0.25, 0.3) is 12.2 Å². The van der Waals surface area contributed by atoms with E-state index in [1.165, 1.54) is 77.0 Å². The summed E-state index contributed by atoms with van der Waals surface area (Å²) in [6, 6.07) is 19.2. The molecule has 0 aliphatic carbocycles. The van der Waals surface area contributed by atoms with Gasteiger partial charge in [0.25, 0.3) is 0 Å². The summed E-state index contributed by atoms with van der Waals surface area (Å²) in [5.41, 5.74) is 2.68. The third kappa shape index (κ3) is 10.8. The number of aromatic hydroxyl groups is 4. The number of esters is 2. The maximum atomic E-state index is 13.0. The first-order valence-electron chi connectivity index (χ1n) is 16.2. The van der Waals surface area contributed by atoms with Gasteiger partial charge in [-0.3, -0.25) is 0 Å². The lowest BCUT2D eigenvalue weighted by atomic mass is 9.83. The van der Waals surface area contributed by atoms with Gasteiger partial charge < -0.3 is 48.8 Å². The lowest BCUT2D eigenvalue weighted by molar-refractivity contribution is -0.143. The van der Waals surface area contributed by atoms with Gasteiger partial charge in [-0.05, 0) is 95.8 Å². The van der Waals surface area contributed by atoms with Gasteiger partial charge in [0, 0.05) is 24.0 Å². The predicted molar refractivity (Wildman–Crippen MR) is 193 cm³/mol. The zero-order valence-corrected chi connectivity index (χ0v) is 29.3. The number of rotatable bonds is 17. The zero-order valence-electron chi connectivity index (χ0n) is 29.3. The Morgan fingerprint density at radius 3 is 1.37 bits per heavy atom. The predicted octanol–water partition coefficient (Wildman–Crippen LogP) is 6.07. The van der Waals surface area contributed by atoms with Crippen molar-refractivity contribution in [2.75, 3.05) is 41.7 Å². The molecule has 0 heterocycles. The minimum absolute atomic E-state index is 0.0376. The van der Waals surface area contributed by atoms with Gasteiger partial charge in [-0.25, -0.2) is 9.59 Å². The monoisotopic (exact) mass is 714 g/mol.